The van der Waals surface area contributed by atoms with Crippen molar-refractivity contribution >= 4 is 38.8 Å². The molecule has 10 heteroatoms. The second-order valence-corrected chi connectivity index (χ2v) is 8.35. The number of carbonyl (C=O) groups is 1. The van der Waals surface area contributed by atoms with Crippen LogP contribution in [0.1, 0.15) is 35.9 Å². The molecule has 0 atom stereocenters. The zero-order valence-electron chi connectivity index (χ0n) is 17.5. The number of hydrogen-bond acceptors (Lipinski definition) is 7. The molecule has 0 aliphatic heterocycles. The van der Waals surface area contributed by atoms with Crippen molar-refractivity contribution in [3.05, 3.63) is 79.6 Å². The molecule has 0 saturated carbocycles. The van der Waals surface area contributed by atoms with Crippen molar-refractivity contribution in [2.24, 2.45) is 0 Å². The van der Waals surface area contributed by atoms with E-state index in [1.165, 1.54) is 22.1 Å². The molecule has 0 spiro atoms. The summed E-state index contributed by atoms with van der Waals surface area (Å²) in [6.45, 7) is 5.31. The van der Waals surface area contributed by atoms with E-state index in [-0.39, 0.29) is 23.0 Å². The molecule has 2 aromatic carbocycles. The van der Waals surface area contributed by atoms with Gasteiger partial charge < -0.3 is 0 Å². The highest BCUT2D eigenvalue weighted by Crippen LogP contribution is 2.29. The van der Waals surface area contributed by atoms with Crippen LogP contribution in [0.2, 0.25) is 0 Å². The van der Waals surface area contributed by atoms with Crippen LogP contribution in [0.3, 0.4) is 0 Å². The Bertz CT molecular complexity index is 1420. The Morgan fingerprint density at radius 3 is 2.59 bits per heavy atom. The average molecular weight is 449 g/mol. The van der Waals surface area contributed by atoms with Crippen LogP contribution in [0, 0.1) is 17.0 Å². The minimum Gasteiger partial charge on any atom is -0.296 e. The minimum atomic E-state index is -0.494. The summed E-state index contributed by atoms with van der Waals surface area (Å²) >= 11 is 1.20. The number of anilines is 1. The number of rotatable bonds is 5. The van der Waals surface area contributed by atoms with Crippen molar-refractivity contribution in [2.45, 2.75) is 26.8 Å². The van der Waals surface area contributed by atoms with Crippen LogP contribution in [-0.4, -0.2) is 25.6 Å². The number of aromatic nitrogens is 3. The first-order valence-electron chi connectivity index (χ1n) is 9.80. The highest BCUT2D eigenvalue weighted by atomic mass is 32.1. The zero-order valence-corrected chi connectivity index (χ0v) is 18.3. The van der Waals surface area contributed by atoms with Crippen molar-refractivity contribution in [1.29, 1.82) is 0 Å². The van der Waals surface area contributed by atoms with Crippen LogP contribution in [0.4, 0.5) is 10.8 Å². The lowest BCUT2D eigenvalue weighted by Gasteiger charge is -2.12. The fourth-order valence-electron chi connectivity index (χ4n) is 3.31. The maximum Gasteiger partial charge on any atom is 0.278 e. The molecule has 0 fully saturated rings. The molecule has 2 heterocycles. The summed E-state index contributed by atoms with van der Waals surface area (Å²) in [5.74, 6) is -0.494. The number of nitro groups is 1. The number of aryl methyl sites for hydroxylation is 1. The second-order valence-electron chi connectivity index (χ2n) is 7.49. The molecule has 4 rings (SSSR count). The first-order chi connectivity index (χ1) is 15.3. The molecule has 2 aromatic heterocycles. The maximum atomic E-state index is 13.0. The maximum absolute atomic E-state index is 13.0. The SMILES string of the molecule is Cc1ccc(-c2csc(NC(=O)c3nn(C(C)C)c(=O)c4ccccc34)n2)cc1[N+](=O)[O-]. The first kappa shape index (κ1) is 21.3. The Morgan fingerprint density at radius 1 is 1.19 bits per heavy atom. The third-order valence-electron chi connectivity index (χ3n) is 4.96. The van der Waals surface area contributed by atoms with Gasteiger partial charge in [-0.1, -0.05) is 30.3 Å². The molecule has 1 amide bonds. The predicted molar refractivity (Wildman–Crippen MR) is 123 cm³/mol. The van der Waals surface area contributed by atoms with E-state index in [1.54, 1.807) is 48.7 Å². The molecule has 4 aromatic rings. The first-order valence-corrected chi connectivity index (χ1v) is 10.7. The minimum absolute atomic E-state index is 0.00713. The van der Waals surface area contributed by atoms with E-state index >= 15 is 0 Å². The van der Waals surface area contributed by atoms with Crippen LogP contribution in [-0.2, 0) is 0 Å². The molecular weight excluding hydrogens is 430 g/mol. The summed E-state index contributed by atoms with van der Waals surface area (Å²) in [7, 11) is 0. The third-order valence-corrected chi connectivity index (χ3v) is 5.72. The molecular formula is C22H19N5O4S. The molecule has 0 unspecified atom stereocenters. The van der Waals surface area contributed by atoms with Crippen molar-refractivity contribution in [3.8, 4) is 11.3 Å². The van der Waals surface area contributed by atoms with Gasteiger partial charge in [-0.25, -0.2) is 9.67 Å². The Labute approximate surface area is 186 Å². The van der Waals surface area contributed by atoms with E-state index < -0.39 is 10.8 Å². The molecule has 0 saturated heterocycles. The highest BCUT2D eigenvalue weighted by Gasteiger charge is 2.19. The van der Waals surface area contributed by atoms with Crippen molar-refractivity contribution in [2.75, 3.05) is 5.32 Å². The number of nitro benzene ring substituents is 1. The van der Waals surface area contributed by atoms with Crippen molar-refractivity contribution in [3.63, 3.8) is 0 Å². The normalized spacial score (nSPS) is 11.1. The van der Waals surface area contributed by atoms with E-state index in [4.69, 9.17) is 0 Å². The van der Waals surface area contributed by atoms with Gasteiger partial charge in [0.1, 0.15) is 0 Å². The van der Waals surface area contributed by atoms with Gasteiger partial charge in [0, 0.05) is 28.0 Å². The van der Waals surface area contributed by atoms with E-state index in [0.29, 0.717) is 32.7 Å². The lowest BCUT2D eigenvalue weighted by atomic mass is 10.1. The predicted octanol–water partition coefficient (Wildman–Crippen LogP) is 4.57. The Morgan fingerprint density at radius 2 is 1.91 bits per heavy atom. The van der Waals surface area contributed by atoms with Gasteiger partial charge in [0.15, 0.2) is 10.8 Å². The molecule has 162 valence electrons. The summed E-state index contributed by atoms with van der Waals surface area (Å²) in [5, 5.41) is 21.1. The summed E-state index contributed by atoms with van der Waals surface area (Å²) in [6.07, 6.45) is 0. The number of fused-ring (bicyclic) bond motifs is 1. The van der Waals surface area contributed by atoms with Gasteiger partial charge in [-0.15, -0.1) is 11.3 Å². The molecule has 0 aliphatic rings. The second kappa shape index (κ2) is 8.31. The summed E-state index contributed by atoms with van der Waals surface area (Å²) in [5.41, 5.74) is 1.52. The van der Waals surface area contributed by atoms with Gasteiger partial charge in [0.2, 0.25) is 0 Å². The van der Waals surface area contributed by atoms with Gasteiger partial charge in [-0.05, 0) is 26.8 Å². The number of thiazole rings is 1. The van der Waals surface area contributed by atoms with Crippen molar-refractivity contribution in [1.82, 2.24) is 14.8 Å². The van der Waals surface area contributed by atoms with Gasteiger partial charge in [-0.2, -0.15) is 5.10 Å². The standard InChI is InChI=1S/C22H19N5O4S/c1-12(2)26-21(29)16-7-5-4-6-15(16)19(25-26)20(28)24-22-23-17(11-32-22)14-9-8-13(3)18(10-14)27(30)31/h4-12H,1-3H3,(H,23,24,28). The quantitative estimate of drug-likeness (QED) is 0.352. The number of nitrogens with zero attached hydrogens (tertiary/aromatic N) is 4. The van der Waals surface area contributed by atoms with Crippen molar-refractivity contribution < 1.29 is 9.72 Å². The Hall–Kier alpha value is -3.92. The van der Waals surface area contributed by atoms with Crippen LogP contribution < -0.4 is 10.9 Å². The Balaban J connectivity index is 1.68. The van der Waals surface area contributed by atoms with Crippen LogP contribution in [0.15, 0.2) is 52.6 Å². The number of carbonyl (C=O) groups excluding carboxylic acids is 1. The molecule has 1 N–H and O–H groups in total. The van der Waals surface area contributed by atoms with E-state index in [9.17, 15) is 19.7 Å². The molecule has 32 heavy (non-hydrogen) atoms. The van der Waals surface area contributed by atoms with Gasteiger partial charge in [0.05, 0.1) is 22.0 Å². The van der Waals surface area contributed by atoms with Gasteiger partial charge in [0.25, 0.3) is 17.2 Å². The fraction of sp³-hybridized carbons (Fsp3) is 0.182. The largest absolute Gasteiger partial charge is 0.296 e. The zero-order chi connectivity index (χ0) is 23.0. The summed E-state index contributed by atoms with van der Waals surface area (Å²) in [4.78, 5) is 40.9. The smallest absolute Gasteiger partial charge is 0.278 e. The van der Waals surface area contributed by atoms with E-state index in [2.05, 4.69) is 15.4 Å². The van der Waals surface area contributed by atoms with Crippen LogP contribution in [0.25, 0.3) is 22.0 Å². The molecule has 9 nitrogen and oxygen atoms in total. The monoisotopic (exact) mass is 449 g/mol. The van der Waals surface area contributed by atoms with Crippen LogP contribution >= 0.6 is 11.3 Å². The van der Waals surface area contributed by atoms with Gasteiger partial charge in [-0.3, -0.25) is 25.0 Å². The number of nitrogens with one attached hydrogen (secondary N) is 1. The lowest BCUT2D eigenvalue weighted by molar-refractivity contribution is -0.385. The average Bonchev–Trinajstić information content (AvgIpc) is 3.22. The molecule has 0 bridgehead atoms. The lowest BCUT2D eigenvalue weighted by Crippen LogP contribution is -2.28. The van der Waals surface area contributed by atoms with Gasteiger partial charge >= 0.3 is 0 Å². The van der Waals surface area contributed by atoms with E-state index in [0.717, 1.165) is 0 Å². The third kappa shape index (κ3) is 3.87. The number of benzene rings is 2. The number of amides is 1. The molecule has 0 radical (unpaired) electrons. The summed E-state index contributed by atoms with van der Waals surface area (Å²) < 4.78 is 1.29. The molecule has 0 aliphatic carbocycles. The number of hydrogen-bond donors (Lipinski definition) is 1. The Kier molecular flexibility index (Phi) is 5.54. The van der Waals surface area contributed by atoms with Crippen LogP contribution in [0.5, 0.6) is 0 Å². The topological polar surface area (TPSA) is 120 Å². The highest BCUT2D eigenvalue weighted by molar-refractivity contribution is 7.14. The van der Waals surface area contributed by atoms with E-state index in [1.807, 2.05) is 13.8 Å². The fourth-order valence-corrected chi connectivity index (χ4v) is 4.02. The summed E-state index contributed by atoms with van der Waals surface area (Å²) in [6, 6.07) is 11.5.